The highest BCUT2D eigenvalue weighted by molar-refractivity contribution is 7.91. The van der Waals surface area contributed by atoms with E-state index in [0.717, 1.165) is 0 Å². The number of hydrogen-bond acceptors (Lipinski definition) is 2. The molecule has 0 radical (unpaired) electrons. The first-order chi connectivity index (χ1) is 5.57. The van der Waals surface area contributed by atoms with Crippen LogP contribution in [0.3, 0.4) is 0 Å². The van der Waals surface area contributed by atoms with Crippen LogP contribution in [-0.4, -0.2) is 19.9 Å². The number of hydrogen-bond donors (Lipinski definition) is 0. The molecule has 0 saturated carbocycles. The van der Waals surface area contributed by atoms with Gasteiger partial charge in [0.2, 0.25) is 0 Å². The Morgan fingerprint density at radius 2 is 1.50 bits per heavy atom. The molecule has 0 amide bonds. The fraction of sp³-hybridized carbons (Fsp3) is 0.556. The van der Waals surface area contributed by atoms with E-state index >= 15 is 0 Å². The largest absolute Gasteiger partial charge is 0.229 e. The van der Waals surface area contributed by atoms with Gasteiger partial charge in [-0.2, -0.15) is 0 Å². The minimum Gasteiger partial charge on any atom is -0.229 e. The minimum absolute atomic E-state index is 0.0989. The lowest BCUT2D eigenvalue weighted by molar-refractivity contribution is 0.508. The highest BCUT2D eigenvalue weighted by Crippen LogP contribution is 2.22. The molecule has 1 aliphatic heterocycles. The van der Waals surface area contributed by atoms with Crippen LogP contribution in [0.4, 0.5) is 0 Å². The zero-order valence-corrected chi connectivity index (χ0v) is 7.47. The van der Waals surface area contributed by atoms with Crippen molar-refractivity contribution in [2.45, 2.75) is 6.42 Å². The Bertz CT molecular complexity index is 312. The van der Waals surface area contributed by atoms with Gasteiger partial charge < -0.3 is 0 Å². The highest BCUT2D eigenvalue weighted by Gasteiger charge is 2.29. The van der Waals surface area contributed by atoms with E-state index in [4.69, 9.17) is 12.8 Å². The second-order valence-electron chi connectivity index (χ2n) is 3.04. The Morgan fingerprint density at radius 1 is 1.08 bits per heavy atom. The van der Waals surface area contributed by atoms with Gasteiger partial charge in [-0.1, -0.05) is 0 Å². The van der Waals surface area contributed by atoms with Gasteiger partial charge in [0.25, 0.3) is 0 Å². The van der Waals surface area contributed by atoms with Gasteiger partial charge in [-0.25, -0.2) is 8.42 Å². The minimum atomic E-state index is -2.99. The maximum Gasteiger partial charge on any atom is 0.152 e. The molecule has 0 aromatic heterocycles. The lowest BCUT2D eigenvalue weighted by Gasteiger charge is -2.21. The summed E-state index contributed by atoms with van der Waals surface area (Å²) in [5, 5.41) is 0. The van der Waals surface area contributed by atoms with Crippen molar-refractivity contribution >= 4 is 9.84 Å². The maximum atomic E-state index is 11.2. The van der Waals surface area contributed by atoms with Gasteiger partial charge in [0, 0.05) is 11.8 Å². The fourth-order valence-corrected chi connectivity index (χ4v) is 3.22. The van der Waals surface area contributed by atoms with Crippen molar-refractivity contribution < 1.29 is 8.42 Å². The van der Waals surface area contributed by atoms with E-state index < -0.39 is 9.84 Å². The highest BCUT2D eigenvalue weighted by atomic mass is 32.2. The zero-order chi connectivity index (χ0) is 9.19. The van der Waals surface area contributed by atoms with E-state index in [9.17, 15) is 8.42 Å². The Hall–Kier alpha value is -0.930. The molecule has 64 valence electrons. The lowest BCUT2D eigenvalue weighted by Crippen LogP contribution is -2.30. The monoisotopic (exact) mass is 182 g/mol. The van der Waals surface area contributed by atoms with E-state index in [1.54, 1.807) is 0 Å². The maximum absolute atomic E-state index is 11.2. The van der Waals surface area contributed by atoms with Crippen LogP contribution in [0.15, 0.2) is 0 Å². The predicted molar refractivity (Wildman–Crippen MR) is 47.9 cm³/mol. The molecule has 0 aromatic carbocycles. The summed E-state index contributed by atoms with van der Waals surface area (Å²) in [5.41, 5.74) is 0. The summed E-state index contributed by atoms with van der Waals surface area (Å²) in [4.78, 5) is 0. The quantitative estimate of drug-likeness (QED) is 0.505. The smallest absolute Gasteiger partial charge is 0.152 e. The van der Waals surface area contributed by atoms with Crippen molar-refractivity contribution in [1.29, 1.82) is 0 Å². The first-order valence-electron chi connectivity index (χ1n) is 3.70. The third kappa shape index (κ3) is 2.03. The lowest BCUT2D eigenvalue weighted by atomic mass is 9.98. The van der Waals surface area contributed by atoms with Crippen LogP contribution >= 0.6 is 0 Å². The fourth-order valence-electron chi connectivity index (χ4n) is 1.39. The molecular formula is C9H10O2S. The van der Waals surface area contributed by atoms with Gasteiger partial charge in [-0.3, -0.25) is 0 Å². The van der Waals surface area contributed by atoms with Crippen LogP contribution < -0.4 is 0 Å². The SMILES string of the molecule is C#CC1CC(C#C)CS(=O)(=O)C1. The predicted octanol–water partition coefficient (Wildman–Crippen LogP) is 0.304. The average Bonchev–Trinajstić information content (AvgIpc) is 2.01. The van der Waals surface area contributed by atoms with E-state index in [1.807, 2.05) is 0 Å². The standard InChI is InChI=1S/C9H10O2S/c1-3-8-5-9(4-2)7-12(10,11)6-8/h1-2,8-9H,5-7H2. The van der Waals surface area contributed by atoms with E-state index in [-0.39, 0.29) is 23.3 Å². The normalized spacial score (nSPS) is 33.2. The summed E-state index contributed by atoms with van der Waals surface area (Å²) >= 11 is 0. The average molecular weight is 182 g/mol. The molecule has 1 aliphatic rings. The zero-order valence-electron chi connectivity index (χ0n) is 6.66. The molecule has 0 N–H and O–H groups in total. The van der Waals surface area contributed by atoms with E-state index in [1.165, 1.54) is 0 Å². The molecular weight excluding hydrogens is 172 g/mol. The molecule has 1 heterocycles. The van der Waals surface area contributed by atoms with Crippen molar-refractivity contribution in [2.24, 2.45) is 11.8 Å². The Balaban J connectivity index is 2.83. The molecule has 0 aliphatic carbocycles. The van der Waals surface area contributed by atoms with Crippen molar-refractivity contribution in [3.05, 3.63) is 0 Å². The first-order valence-corrected chi connectivity index (χ1v) is 5.52. The van der Waals surface area contributed by atoms with Crippen LogP contribution in [0.1, 0.15) is 6.42 Å². The van der Waals surface area contributed by atoms with E-state index in [2.05, 4.69) is 11.8 Å². The van der Waals surface area contributed by atoms with E-state index in [0.29, 0.717) is 6.42 Å². The van der Waals surface area contributed by atoms with Crippen LogP contribution in [-0.2, 0) is 9.84 Å². The molecule has 2 atom stereocenters. The summed E-state index contributed by atoms with van der Waals surface area (Å²) in [5.74, 6) is 4.72. The molecule has 1 rings (SSSR count). The Kier molecular flexibility index (Phi) is 2.45. The number of rotatable bonds is 0. The number of terminal acetylenes is 2. The molecule has 12 heavy (non-hydrogen) atoms. The first kappa shape index (κ1) is 9.16. The summed E-state index contributed by atoms with van der Waals surface area (Å²) in [6.07, 6.45) is 11.0. The molecule has 0 spiro atoms. The van der Waals surface area contributed by atoms with Gasteiger partial charge in [0.05, 0.1) is 11.5 Å². The summed E-state index contributed by atoms with van der Waals surface area (Å²) in [6.45, 7) is 0. The van der Waals surface area contributed by atoms with Crippen molar-refractivity contribution in [3.8, 4) is 24.7 Å². The van der Waals surface area contributed by atoms with Gasteiger partial charge in [0.15, 0.2) is 9.84 Å². The topological polar surface area (TPSA) is 34.1 Å². The van der Waals surface area contributed by atoms with Crippen LogP contribution in [0, 0.1) is 36.5 Å². The molecule has 3 heteroatoms. The second kappa shape index (κ2) is 3.21. The van der Waals surface area contributed by atoms with Gasteiger partial charge in [-0.05, 0) is 6.42 Å². The summed E-state index contributed by atoms with van der Waals surface area (Å²) in [6, 6.07) is 0. The van der Waals surface area contributed by atoms with Gasteiger partial charge in [-0.15, -0.1) is 24.7 Å². The van der Waals surface area contributed by atoms with Gasteiger partial charge in [0.1, 0.15) is 0 Å². The van der Waals surface area contributed by atoms with Crippen LogP contribution in [0.5, 0.6) is 0 Å². The second-order valence-corrected chi connectivity index (χ2v) is 5.19. The summed E-state index contributed by atoms with van der Waals surface area (Å²) < 4.78 is 22.4. The third-order valence-electron chi connectivity index (χ3n) is 1.95. The van der Waals surface area contributed by atoms with Crippen molar-refractivity contribution in [2.75, 3.05) is 11.5 Å². The van der Waals surface area contributed by atoms with Gasteiger partial charge >= 0.3 is 0 Å². The Morgan fingerprint density at radius 3 is 1.83 bits per heavy atom. The molecule has 2 unspecified atom stereocenters. The van der Waals surface area contributed by atoms with Crippen LogP contribution in [0.2, 0.25) is 0 Å². The summed E-state index contributed by atoms with van der Waals surface area (Å²) in [7, 11) is -2.99. The van der Waals surface area contributed by atoms with Crippen molar-refractivity contribution in [1.82, 2.24) is 0 Å². The molecule has 1 fully saturated rings. The van der Waals surface area contributed by atoms with Crippen molar-refractivity contribution in [3.63, 3.8) is 0 Å². The molecule has 0 bridgehead atoms. The third-order valence-corrected chi connectivity index (χ3v) is 3.77. The molecule has 1 saturated heterocycles. The Labute approximate surface area is 73.3 Å². The number of sulfone groups is 1. The van der Waals surface area contributed by atoms with Crippen LogP contribution in [0.25, 0.3) is 0 Å². The molecule has 2 nitrogen and oxygen atoms in total. The molecule has 0 aromatic rings.